The molecule has 21 heavy (non-hydrogen) atoms. The van der Waals surface area contributed by atoms with Gasteiger partial charge in [-0.25, -0.2) is 4.39 Å². The van der Waals surface area contributed by atoms with Gasteiger partial charge in [0.05, 0.1) is 0 Å². The molecule has 3 rings (SSSR count). The number of benzene rings is 1. The highest BCUT2D eigenvalue weighted by molar-refractivity contribution is 5.29. The third kappa shape index (κ3) is 3.78. The predicted molar refractivity (Wildman–Crippen MR) is 74.3 cm³/mol. The number of aromatic nitrogens is 2. The summed E-state index contributed by atoms with van der Waals surface area (Å²) in [5.41, 5.74) is 0.915. The summed E-state index contributed by atoms with van der Waals surface area (Å²) in [4.78, 5) is 0. The molecular weight excluding hydrogens is 273 g/mol. The van der Waals surface area contributed by atoms with Gasteiger partial charge in [-0.3, -0.25) is 0 Å². The second-order valence-corrected chi connectivity index (χ2v) is 5.15. The Labute approximate surface area is 122 Å². The summed E-state index contributed by atoms with van der Waals surface area (Å²) in [7, 11) is 0. The summed E-state index contributed by atoms with van der Waals surface area (Å²) < 4.78 is 24.6. The van der Waals surface area contributed by atoms with Crippen molar-refractivity contribution < 1.29 is 13.5 Å². The largest absolute Gasteiger partial charge is 0.481 e. The Morgan fingerprint density at radius 3 is 2.81 bits per heavy atom. The number of hydrogen-bond acceptors (Lipinski definition) is 5. The van der Waals surface area contributed by atoms with E-state index in [0.29, 0.717) is 30.8 Å². The molecule has 0 bridgehead atoms. The van der Waals surface area contributed by atoms with Crippen molar-refractivity contribution in [2.24, 2.45) is 0 Å². The Balaban J connectivity index is 1.56. The molecule has 0 unspecified atom stereocenters. The van der Waals surface area contributed by atoms with E-state index >= 15 is 0 Å². The van der Waals surface area contributed by atoms with Crippen LogP contribution in [-0.4, -0.2) is 16.2 Å². The van der Waals surface area contributed by atoms with Gasteiger partial charge in [-0.15, -0.1) is 10.2 Å². The Kier molecular flexibility index (Phi) is 4.15. The van der Waals surface area contributed by atoms with E-state index in [9.17, 15) is 4.39 Å². The summed E-state index contributed by atoms with van der Waals surface area (Å²) in [6.07, 6.45) is 3.10. The smallest absolute Gasteiger partial charge is 0.253 e. The van der Waals surface area contributed by atoms with E-state index in [4.69, 9.17) is 9.15 Å². The molecule has 1 saturated carbocycles. The number of ether oxygens (including phenoxy) is 1. The first-order chi connectivity index (χ1) is 10.2. The van der Waals surface area contributed by atoms with Gasteiger partial charge in [-0.05, 0) is 30.5 Å². The lowest BCUT2D eigenvalue weighted by atomic mass is 10.2. The van der Waals surface area contributed by atoms with Crippen molar-refractivity contribution in [2.45, 2.75) is 45.4 Å². The molecule has 5 nitrogen and oxygen atoms in total. The summed E-state index contributed by atoms with van der Waals surface area (Å²) >= 11 is 0. The summed E-state index contributed by atoms with van der Waals surface area (Å²) in [6.45, 7) is 2.68. The van der Waals surface area contributed by atoms with Crippen LogP contribution in [0.3, 0.4) is 0 Å². The van der Waals surface area contributed by atoms with Crippen LogP contribution in [0, 0.1) is 5.82 Å². The van der Waals surface area contributed by atoms with Crippen LogP contribution >= 0.6 is 0 Å². The second-order valence-electron chi connectivity index (χ2n) is 5.15. The Morgan fingerprint density at radius 2 is 2.14 bits per heavy atom. The molecule has 1 aromatic heterocycles. The Hall–Kier alpha value is -1.95. The number of aryl methyl sites for hydroxylation is 1. The fourth-order valence-electron chi connectivity index (χ4n) is 1.95. The van der Waals surface area contributed by atoms with E-state index in [1.165, 1.54) is 18.9 Å². The van der Waals surface area contributed by atoms with Gasteiger partial charge < -0.3 is 14.5 Å². The van der Waals surface area contributed by atoms with Gasteiger partial charge in [0, 0.05) is 19.0 Å². The van der Waals surface area contributed by atoms with Crippen molar-refractivity contribution in [1.82, 2.24) is 15.5 Å². The average molecular weight is 291 g/mol. The predicted octanol–water partition coefficient (Wildman–Crippen LogP) is 2.60. The molecule has 0 amide bonds. The number of rotatable bonds is 7. The average Bonchev–Trinajstić information content (AvgIpc) is 3.21. The van der Waals surface area contributed by atoms with Crippen molar-refractivity contribution in [2.75, 3.05) is 0 Å². The second kappa shape index (κ2) is 6.22. The van der Waals surface area contributed by atoms with Crippen LogP contribution in [0.15, 0.2) is 22.6 Å². The lowest BCUT2D eigenvalue weighted by molar-refractivity contribution is 0.248. The minimum atomic E-state index is -0.375. The van der Waals surface area contributed by atoms with Crippen LogP contribution in [0.4, 0.5) is 4.39 Å². The summed E-state index contributed by atoms with van der Waals surface area (Å²) in [5.74, 6) is 0.725. The molecule has 1 heterocycles. The van der Waals surface area contributed by atoms with E-state index < -0.39 is 0 Å². The fourth-order valence-corrected chi connectivity index (χ4v) is 1.95. The molecule has 6 heteroatoms. The third-order valence-corrected chi connectivity index (χ3v) is 3.33. The van der Waals surface area contributed by atoms with E-state index in [0.717, 1.165) is 5.56 Å². The van der Waals surface area contributed by atoms with Crippen LogP contribution in [0.1, 0.15) is 37.1 Å². The normalized spacial score (nSPS) is 14.4. The zero-order valence-corrected chi connectivity index (χ0v) is 11.9. The Morgan fingerprint density at radius 1 is 1.33 bits per heavy atom. The molecular formula is C15H18FN3O2. The van der Waals surface area contributed by atoms with Crippen LogP contribution in [-0.2, 0) is 19.6 Å². The van der Waals surface area contributed by atoms with Crippen LogP contribution in [0.5, 0.6) is 5.75 Å². The van der Waals surface area contributed by atoms with Crippen LogP contribution in [0.25, 0.3) is 0 Å². The summed E-state index contributed by atoms with van der Waals surface area (Å²) in [5, 5.41) is 11.0. The number of nitrogens with one attached hydrogen (secondary N) is 1. The van der Waals surface area contributed by atoms with Gasteiger partial charge in [0.1, 0.15) is 0 Å². The van der Waals surface area contributed by atoms with E-state index in [1.807, 2.05) is 13.0 Å². The highest BCUT2D eigenvalue weighted by atomic mass is 19.1. The fraction of sp³-hybridized carbons (Fsp3) is 0.467. The maximum atomic E-state index is 13.9. The monoisotopic (exact) mass is 291 g/mol. The maximum Gasteiger partial charge on any atom is 0.253 e. The zero-order valence-electron chi connectivity index (χ0n) is 11.9. The minimum absolute atomic E-state index is 0.0730. The van der Waals surface area contributed by atoms with Crippen molar-refractivity contribution in [3.8, 4) is 5.75 Å². The van der Waals surface area contributed by atoms with Crippen molar-refractivity contribution in [1.29, 1.82) is 0 Å². The molecule has 0 aliphatic heterocycles. The molecule has 1 aliphatic rings. The van der Waals surface area contributed by atoms with Gasteiger partial charge >= 0.3 is 0 Å². The first-order valence-corrected chi connectivity index (χ1v) is 7.20. The van der Waals surface area contributed by atoms with Crippen molar-refractivity contribution in [3.63, 3.8) is 0 Å². The van der Waals surface area contributed by atoms with E-state index in [-0.39, 0.29) is 18.2 Å². The van der Waals surface area contributed by atoms with Crippen molar-refractivity contribution in [3.05, 3.63) is 41.4 Å². The molecule has 2 aromatic rings. The first-order valence-electron chi connectivity index (χ1n) is 7.20. The molecule has 112 valence electrons. The zero-order chi connectivity index (χ0) is 14.7. The lowest BCUT2D eigenvalue weighted by Gasteiger charge is -2.07. The molecule has 0 saturated heterocycles. The van der Waals surface area contributed by atoms with Gasteiger partial charge in [-0.2, -0.15) is 0 Å². The standard InChI is InChI=1S/C15H18FN3O2/c1-2-14-18-19-15(21-14)9-20-13-6-3-10(7-12(13)16)8-17-11-4-5-11/h3,6-7,11,17H,2,4-5,8-9H2,1H3. The number of halogens is 1. The quantitative estimate of drug-likeness (QED) is 0.849. The Bertz CT molecular complexity index is 611. The number of nitrogens with zero attached hydrogens (tertiary/aromatic N) is 2. The first kappa shape index (κ1) is 14.0. The molecule has 1 aromatic carbocycles. The van der Waals surface area contributed by atoms with E-state index in [2.05, 4.69) is 15.5 Å². The van der Waals surface area contributed by atoms with E-state index in [1.54, 1.807) is 6.07 Å². The SMILES string of the molecule is CCc1nnc(COc2ccc(CNC3CC3)cc2F)o1. The third-order valence-electron chi connectivity index (χ3n) is 3.33. The van der Waals surface area contributed by atoms with Crippen molar-refractivity contribution >= 4 is 0 Å². The molecule has 0 spiro atoms. The lowest BCUT2D eigenvalue weighted by Crippen LogP contribution is -2.15. The van der Waals surface area contributed by atoms with Crippen LogP contribution < -0.4 is 10.1 Å². The number of hydrogen-bond donors (Lipinski definition) is 1. The summed E-state index contributed by atoms with van der Waals surface area (Å²) in [6, 6.07) is 5.60. The molecule has 0 radical (unpaired) electrons. The maximum absolute atomic E-state index is 13.9. The molecule has 0 atom stereocenters. The highest BCUT2D eigenvalue weighted by Gasteiger charge is 2.20. The molecule has 1 aliphatic carbocycles. The van der Waals surface area contributed by atoms with Gasteiger partial charge in [-0.1, -0.05) is 13.0 Å². The van der Waals surface area contributed by atoms with Gasteiger partial charge in [0.15, 0.2) is 18.2 Å². The molecule has 1 N–H and O–H groups in total. The highest BCUT2D eigenvalue weighted by Crippen LogP contribution is 2.22. The van der Waals surface area contributed by atoms with Gasteiger partial charge in [0.2, 0.25) is 5.89 Å². The van der Waals surface area contributed by atoms with Crippen LogP contribution in [0.2, 0.25) is 0 Å². The minimum Gasteiger partial charge on any atom is -0.481 e. The van der Waals surface area contributed by atoms with Gasteiger partial charge in [0.25, 0.3) is 5.89 Å². The topological polar surface area (TPSA) is 60.2 Å². The molecule has 1 fully saturated rings.